The predicted molar refractivity (Wildman–Crippen MR) is 79.8 cm³/mol. The highest BCUT2D eigenvalue weighted by Gasteiger charge is 2.29. The number of amides is 1. The fourth-order valence-electron chi connectivity index (χ4n) is 2.01. The monoisotopic (exact) mass is 307 g/mol. The summed E-state index contributed by atoms with van der Waals surface area (Å²) in [6.45, 7) is 1.39. The van der Waals surface area contributed by atoms with E-state index in [0.717, 1.165) is 5.56 Å². The van der Waals surface area contributed by atoms with Gasteiger partial charge in [0.25, 0.3) is 5.91 Å². The molecule has 2 N–H and O–H groups in total. The van der Waals surface area contributed by atoms with E-state index in [0.29, 0.717) is 0 Å². The lowest BCUT2D eigenvalue weighted by Gasteiger charge is -2.29. The van der Waals surface area contributed by atoms with Gasteiger partial charge in [0, 0.05) is 0 Å². The highest BCUT2D eigenvalue weighted by atomic mass is 35.5. The van der Waals surface area contributed by atoms with Crippen LogP contribution in [0.25, 0.3) is 0 Å². The van der Waals surface area contributed by atoms with Gasteiger partial charge in [-0.25, -0.2) is 4.39 Å². The number of rotatable bonds is 4. The minimum Gasteiger partial charge on any atom is -0.394 e. The Morgan fingerprint density at radius 1 is 1.24 bits per heavy atom. The van der Waals surface area contributed by atoms with Crippen LogP contribution in [0.15, 0.2) is 48.5 Å². The van der Waals surface area contributed by atoms with E-state index < -0.39 is 17.3 Å². The van der Waals surface area contributed by atoms with Gasteiger partial charge >= 0.3 is 0 Å². The maximum absolute atomic E-state index is 13.4. The molecule has 1 atom stereocenters. The van der Waals surface area contributed by atoms with Crippen molar-refractivity contribution >= 4 is 17.5 Å². The second kappa shape index (κ2) is 6.24. The Labute approximate surface area is 127 Å². The Morgan fingerprint density at radius 2 is 1.90 bits per heavy atom. The van der Waals surface area contributed by atoms with Crippen LogP contribution in [-0.4, -0.2) is 17.6 Å². The van der Waals surface area contributed by atoms with Crippen LogP contribution in [0.3, 0.4) is 0 Å². The number of carbonyl (C=O) groups excluding carboxylic acids is 1. The van der Waals surface area contributed by atoms with Gasteiger partial charge in [0.2, 0.25) is 0 Å². The molecule has 0 aromatic heterocycles. The lowest BCUT2D eigenvalue weighted by molar-refractivity contribution is 0.0849. The summed E-state index contributed by atoms with van der Waals surface area (Å²) in [5, 5.41) is 12.1. The summed E-state index contributed by atoms with van der Waals surface area (Å²) in [6, 6.07) is 13.1. The molecule has 1 amide bonds. The Kier molecular flexibility index (Phi) is 4.60. The molecule has 2 aromatic rings. The Bertz CT molecular complexity index is 648. The molecule has 0 saturated carbocycles. The topological polar surface area (TPSA) is 49.3 Å². The van der Waals surface area contributed by atoms with Gasteiger partial charge in [0.1, 0.15) is 5.82 Å². The molecule has 21 heavy (non-hydrogen) atoms. The molecule has 0 aliphatic heterocycles. The molecular formula is C16H15ClFNO2. The van der Waals surface area contributed by atoms with Crippen LogP contribution >= 0.6 is 11.6 Å². The highest BCUT2D eigenvalue weighted by molar-refractivity contribution is 6.34. The molecule has 0 heterocycles. The molecule has 0 saturated heterocycles. The minimum atomic E-state index is -0.978. The zero-order valence-corrected chi connectivity index (χ0v) is 12.2. The summed E-state index contributed by atoms with van der Waals surface area (Å²) in [4.78, 5) is 12.3. The zero-order chi connectivity index (χ0) is 15.5. The quantitative estimate of drug-likeness (QED) is 0.912. The number of nitrogens with one attached hydrogen (secondary N) is 1. The van der Waals surface area contributed by atoms with Crippen LogP contribution in [0.4, 0.5) is 4.39 Å². The van der Waals surface area contributed by atoms with Crippen molar-refractivity contribution in [2.24, 2.45) is 0 Å². The third kappa shape index (κ3) is 3.23. The highest BCUT2D eigenvalue weighted by Crippen LogP contribution is 2.23. The van der Waals surface area contributed by atoms with Crippen LogP contribution < -0.4 is 5.32 Å². The van der Waals surface area contributed by atoms with E-state index in [1.165, 1.54) is 18.2 Å². The smallest absolute Gasteiger partial charge is 0.253 e. The van der Waals surface area contributed by atoms with Gasteiger partial charge in [0.05, 0.1) is 22.7 Å². The zero-order valence-electron chi connectivity index (χ0n) is 11.4. The summed E-state index contributed by atoms with van der Waals surface area (Å²) in [5.74, 6) is -1.20. The van der Waals surface area contributed by atoms with E-state index in [9.17, 15) is 14.3 Å². The van der Waals surface area contributed by atoms with Crippen molar-refractivity contribution in [1.29, 1.82) is 0 Å². The number of halogens is 2. The molecule has 0 aliphatic carbocycles. The molecule has 0 spiro atoms. The molecule has 0 bridgehead atoms. The molecule has 0 radical (unpaired) electrons. The van der Waals surface area contributed by atoms with Gasteiger partial charge < -0.3 is 10.4 Å². The van der Waals surface area contributed by atoms with Gasteiger partial charge in [-0.15, -0.1) is 0 Å². The summed E-state index contributed by atoms with van der Waals surface area (Å²) < 4.78 is 13.4. The molecule has 0 aliphatic rings. The Morgan fingerprint density at radius 3 is 2.52 bits per heavy atom. The first-order chi connectivity index (χ1) is 9.98. The van der Waals surface area contributed by atoms with E-state index >= 15 is 0 Å². The molecule has 2 rings (SSSR count). The van der Waals surface area contributed by atoms with Crippen molar-refractivity contribution in [2.45, 2.75) is 12.5 Å². The SMILES string of the molecule is CC(CO)(NC(=O)c1cccc(F)c1Cl)c1ccccc1. The van der Waals surface area contributed by atoms with Crippen LogP contribution in [0.2, 0.25) is 5.02 Å². The van der Waals surface area contributed by atoms with E-state index in [4.69, 9.17) is 11.6 Å². The predicted octanol–water partition coefficient (Wildman–Crippen LogP) is 3.12. The lowest BCUT2D eigenvalue weighted by atomic mass is 9.92. The number of carbonyl (C=O) groups is 1. The maximum atomic E-state index is 13.4. The molecule has 1 unspecified atom stereocenters. The maximum Gasteiger partial charge on any atom is 0.253 e. The third-order valence-corrected chi connectivity index (χ3v) is 3.70. The molecule has 3 nitrogen and oxygen atoms in total. The average Bonchev–Trinajstić information content (AvgIpc) is 2.50. The first kappa shape index (κ1) is 15.5. The van der Waals surface area contributed by atoms with Gasteiger partial charge in [-0.2, -0.15) is 0 Å². The molecule has 0 fully saturated rings. The summed E-state index contributed by atoms with van der Waals surface area (Å²) in [6.07, 6.45) is 0. The van der Waals surface area contributed by atoms with Gasteiger partial charge in [0.15, 0.2) is 0 Å². The van der Waals surface area contributed by atoms with Gasteiger partial charge in [-0.1, -0.05) is 48.0 Å². The van der Waals surface area contributed by atoms with Crippen molar-refractivity contribution in [3.8, 4) is 0 Å². The first-order valence-electron chi connectivity index (χ1n) is 6.41. The normalized spacial score (nSPS) is 13.5. The average molecular weight is 308 g/mol. The first-order valence-corrected chi connectivity index (χ1v) is 6.78. The largest absolute Gasteiger partial charge is 0.394 e. The van der Waals surface area contributed by atoms with Crippen molar-refractivity contribution in [1.82, 2.24) is 5.32 Å². The minimum absolute atomic E-state index is 0.0345. The van der Waals surface area contributed by atoms with Crippen molar-refractivity contribution in [2.75, 3.05) is 6.61 Å². The van der Waals surface area contributed by atoms with E-state index in [-0.39, 0.29) is 17.2 Å². The number of hydrogen-bond donors (Lipinski definition) is 2. The standard InChI is InChI=1S/C16H15ClFNO2/c1-16(10-20,11-6-3-2-4-7-11)19-15(21)12-8-5-9-13(18)14(12)17/h2-9,20H,10H2,1H3,(H,19,21). The van der Waals surface area contributed by atoms with E-state index in [2.05, 4.69) is 5.32 Å². The summed E-state index contributed by atoms with van der Waals surface area (Å²) in [7, 11) is 0. The number of aliphatic hydroxyl groups is 1. The van der Waals surface area contributed by atoms with Crippen molar-refractivity contribution in [3.63, 3.8) is 0 Å². The van der Waals surface area contributed by atoms with Crippen LogP contribution in [0, 0.1) is 5.82 Å². The van der Waals surface area contributed by atoms with E-state index in [1.807, 2.05) is 18.2 Å². The fourth-order valence-corrected chi connectivity index (χ4v) is 2.22. The fraction of sp³-hybridized carbons (Fsp3) is 0.188. The number of hydrogen-bond acceptors (Lipinski definition) is 2. The summed E-state index contributed by atoms with van der Waals surface area (Å²) >= 11 is 5.81. The molecule has 5 heteroatoms. The Hall–Kier alpha value is -1.91. The number of aliphatic hydroxyl groups excluding tert-OH is 1. The molecule has 2 aromatic carbocycles. The second-order valence-electron chi connectivity index (χ2n) is 4.91. The van der Waals surface area contributed by atoms with Crippen molar-refractivity contribution < 1.29 is 14.3 Å². The van der Waals surface area contributed by atoms with Crippen molar-refractivity contribution in [3.05, 3.63) is 70.5 Å². The number of benzene rings is 2. The van der Waals surface area contributed by atoms with Crippen LogP contribution in [0.1, 0.15) is 22.8 Å². The van der Waals surface area contributed by atoms with Gasteiger partial charge in [-0.3, -0.25) is 4.79 Å². The van der Waals surface area contributed by atoms with Gasteiger partial charge in [-0.05, 0) is 24.6 Å². The second-order valence-corrected chi connectivity index (χ2v) is 5.29. The Balaban J connectivity index is 2.30. The van der Waals surface area contributed by atoms with Crippen LogP contribution in [0.5, 0.6) is 0 Å². The lowest BCUT2D eigenvalue weighted by Crippen LogP contribution is -2.46. The molecule has 110 valence electrons. The summed E-state index contributed by atoms with van der Waals surface area (Å²) in [5.41, 5.74) is -0.200. The third-order valence-electron chi connectivity index (χ3n) is 3.31. The van der Waals surface area contributed by atoms with Crippen LogP contribution in [-0.2, 0) is 5.54 Å². The van der Waals surface area contributed by atoms with E-state index in [1.54, 1.807) is 19.1 Å². The molecular weight excluding hydrogens is 293 g/mol.